The molecule has 0 aliphatic carbocycles. The fraction of sp³-hybridized carbons (Fsp3) is 0.667. The van der Waals surface area contributed by atoms with Gasteiger partial charge in [0.05, 0.1) is 12.3 Å². The summed E-state index contributed by atoms with van der Waals surface area (Å²) in [7, 11) is 0. The van der Waals surface area contributed by atoms with Gasteiger partial charge in [-0.05, 0) is 19.5 Å². The quantitative estimate of drug-likeness (QED) is 0.885. The zero-order valence-electron chi connectivity index (χ0n) is 10.4. The number of nitrogens with one attached hydrogen (secondary N) is 1. The van der Waals surface area contributed by atoms with Crippen molar-refractivity contribution >= 4 is 11.8 Å². The van der Waals surface area contributed by atoms with E-state index in [0.29, 0.717) is 0 Å². The Labute approximate surface area is 107 Å². The number of aromatic nitrogens is 2. The van der Waals surface area contributed by atoms with Gasteiger partial charge in [-0.25, -0.2) is 9.97 Å². The molecule has 0 bridgehead atoms. The Kier molecular flexibility index (Phi) is 4.76. The standard InChI is InChI=1S/C12H19N3OS/c1-3-13-7-10-6-9(2)14-12(15-10)11-8-17-5-4-16-11/h6,11,13H,3-5,7-8H2,1-2H3. The van der Waals surface area contributed by atoms with Crippen molar-refractivity contribution in [2.45, 2.75) is 26.5 Å². The van der Waals surface area contributed by atoms with E-state index in [4.69, 9.17) is 4.74 Å². The molecule has 1 aliphatic heterocycles. The number of nitrogens with zero attached hydrogens (tertiary/aromatic N) is 2. The van der Waals surface area contributed by atoms with Crippen LogP contribution in [0.2, 0.25) is 0 Å². The Bertz CT molecular complexity index is 367. The van der Waals surface area contributed by atoms with Gasteiger partial charge in [0.2, 0.25) is 0 Å². The van der Waals surface area contributed by atoms with E-state index in [0.717, 1.165) is 48.4 Å². The molecule has 1 fully saturated rings. The summed E-state index contributed by atoms with van der Waals surface area (Å²) >= 11 is 1.91. The van der Waals surface area contributed by atoms with Crippen LogP contribution in [0.15, 0.2) is 6.07 Å². The predicted molar refractivity (Wildman–Crippen MR) is 70.2 cm³/mol. The van der Waals surface area contributed by atoms with Crippen LogP contribution < -0.4 is 5.32 Å². The molecular formula is C12H19N3OS. The first kappa shape index (κ1) is 12.8. The molecule has 0 amide bonds. The Balaban J connectivity index is 2.12. The van der Waals surface area contributed by atoms with Gasteiger partial charge in [-0.1, -0.05) is 6.92 Å². The maximum Gasteiger partial charge on any atom is 0.158 e. The van der Waals surface area contributed by atoms with E-state index in [2.05, 4.69) is 22.2 Å². The third-order valence-corrected chi connectivity index (χ3v) is 3.58. The van der Waals surface area contributed by atoms with Gasteiger partial charge in [0.1, 0.15) is 6.10 Å². The molecule has 1 atom stereocenters. The molecule has 5 heteroatoms. The van der Waals surface area contributed by atoms with Crippen molar-refractivity contribution in [2.75, 3.05) is 24.7 Å². The number of rotatable bonds is 4. The van der Waals surface area contributed by atoms with E-state index in [-0.39, 0.29) is 6.10 Å². The zero-order valence-corrected chi connectivity index (χ0v) is 11.2. The summed E-state index contributed by atoms with van der Waals surface area (Å²) in [5.41, 5.74) is 2.07. The second kappa shape index (κ2) is 6.33. The second-order valence-corrected chi connectivity index (χ2v) is 5.22. The van der Waals surface area contributed by atoms with Crippen LogP contribution in [0.4, 0.5) is 0 Å². The highest BCUT2D eigenvalue weighted by molar-refractivity contribution is 7.99. The molecule has 0 aromatic carbocycles. The highest BCUT2D eigenvalue weighted by atomic mass is 32.2. The molecule has 0 spiro atoms. The lowest BCUT2D eigenvalue weighted by Gasteiger charge is -2.21. The number of hydrogen-bond acceptors (Lipinski definition) is 5. The summed E-state index contributed by atoms with van der Waals surface area (Å²) < 4.78 is 5.71. The lowest BCUT2D eigenvalue weighted by atomic mass is 10.3. The van der Waals surface area contributed by atoms with Crippen LogP contribution in [0, 0.1) is 6.92 Å². The normalized spacial score (nSPS) is 20.5. The molecule has 2 heterocycles. The maximum absolute atomic E-state index is 5.71. The number of ether oxygens (including phenoxy) is 1. The van der Waals surface area contributed by atoms with E-state index in [1.54, 1.807) is 0 Å². The van der Waals surface area contributed by atoms with E-state index in [1.807, 2.05) is 24.8 Å². The van der Waals surface area contributed by atoms with E-state index in [9.17, 15) is 0 Å². The molecule has 1 N–H and O–H groups in total. The van der Waals surface area contributed by atoms with Crippen LogP contribution in [0.1, 0.15) is 30.2 Å². The van der Waals surface area contributed by atoms with Crippen LogP contribution in [-0.2, 0) is 11.3 Å². The molecule has 4 nitrogen and oxygen atoms in total. The molecule has 0 saturated carbocycles. The van der Waals surface area contributed by atoms with E-state index in [1.165, 1.54) is 0 Å². The van der Waals surface area contributed by atoms with Crippen molar-refractivity contribution in [3.63, 3.8) is 0 Å². The van der Waals surface area contributed by atoms with Crippen LogP contribution in [0.25, 0.3) is 0 Å². The molecule has 94 valence electrons. The Morgan fingerprint density at radius 3 is 3.12 bits per heavy atom. The molecule has 1 unspecified atom stereocenters. The first-order valence-electron chi connectivity index (χ1n) is 6.04. The highest BCUT2D eigenvalue weighted by Gasteiger charge is 2.19. The van der Waals surface area contributed by atoms with Gasteiger partial charge >= 0.3 is 0 Å². The molecule has 1 aromatic heterocycles. The topological polar surface area (TPSA) is 47.0 Å². The van der Waals surface area contributed by atoms with Crippen LogP contribution >= 0.6 is 11.8 Å². The summed E-state index contributed by atoms with van der Waals surface area (Å²) in [6.45, 7) is 6.66. The van der Waals surface area contributed by atoms with Crippen molar-refractivity contribution in [3.05, 3.63) is 23.3 Å². The highest BCUT2D eigenvalue weighted by Crippen LogP contribution is 2.24. The SMILES string of the molecule is CCNCc1cc(C)nc(C2CSCCO2)n1. The third-order valence-electron chi connectivity index (χ3n) is 2.58. The van der Waals surface area contributed by atoms with Crippen molar-refractivity contribution in [1.29, 1.82) is 0 Å². The largest absolute Gasteiger partial charge is 0.368 e. The fourth-order valence-corrected chi connectivity index (χ4v) is 2.62. The van der Waals surface area contributed by atoms with E-state index < -0.39 is 0 Å². The van der Waals surface area contributed by atoms with Gasteiger partial charge in [0.25, 0.3) is 0 Å². The predicted octanol–water partition coefficient (Wildman–Crippen LogP) is 1.70. The van der Waals surface area contributed by atoms with Crippen molar-refractivity contribution in [2.24, 2.45) is 0 Å². The van der Waals surface area contributed by atoms with Crippen molar-refractivity contribution in [1.82, 2.24) is 15.3 Å². The summed E-state index contributed by atoms with van der Waals surface area (Å²) in [4.78, 5) is 9.07. The van der Waals surface area contributed by atoms with Crippen molar-refractivity contribution < 1.29 is 4.74 Å². The first-order chi connectivity index (χ1) is 8.29. The van der Waals surface area contributed by atoms with Gasteiger partial charge < -0.3 is 10.1 Å². The van der Waals surface area contributed by atoms with Gasteiger partial charge in [0.15, 0.2) is 5.82 Å². The summed E-state index contributed by atoms with van der Waals surface area (Å²) in [5, 5.41) is 3.29. The maximum atomic E-state index is 5.71. The van der Waals surface area contributed by atoms with Crippen LogP contribution in [0.3, 0.4) is 0 Å². The number of aryl methyl sites for hydroxylation is 1. The molecule has 1 saturated heterocycles. The molecule has 2 rings (SSSR count). The van der Waals surface area contributed by atoms with Crippen molar-refractivity contribution in [3.8, 4) is 0 Å². The summed E-state index contributed by atoms with van der Waals surface area (Å²) in [6.07, 6.45) is 0.0639. The Morgan fingerprint density at radius 2 is 2.41 bits per heavy atom. The van der Waals surface area contributed by atoms with Crippen LogP contribution in [0.5, 0.6) is 0 Å². The molecule has 0 radical (unpaired) electrons. The molecule has 1 aromatic rings. The molecule has 1 aliphatic rings. The minimum absolute atomic E-state index is 0.0639. The number of hydrogen-bond donors (Lipinski definition) is 1. The Hall–Kier alpha value is -0.650. The summed E-state index contributed by atoms with van der Waals surface area (Å²) in [6, 6.07) is 2.03. The average molecular weight is 253 g/mol. The minimum Gasteiger partial charge on any atom is -0.368 e. The lowest BCUT2D eigenvalue weighted by Crippen LogP contribution is -2.20. The van der Waals surface area contributed by atoms with Gasteiger partial charge in [-0.3, -0.25) is 0 Å². The van der Waals surface area contributed by atoms with E-state index >= 15 is 0 Å². The average Bonchev–Trinajstić information content (AvgIpc) is 2.37. The van der Waals surface area contributed by atoms with Gasteiger partial charge in [0, 0.05) is 23.7 Å². The first-order valence-corrected chi connectivity index (χ1v) is 7.19. The second-order valence-electron chi connectivity index (χ2n) is 4.07. The summed E-state index contributed by atoms with van der Waals surface area (Å²) in [5.74, 6) is 2.88. The van der Waals surface area contributed by atoms with Gasteiger partial charge in [-0.15, -0.1) is 0 Å². The monoisotopic (exact) mass is 253 g/mol. The van der Waals surface area contributed by atoms with Gasteiger partial charge in [-0.2, -0.15) is 11.8 Å². The molecular weight excluding hydrogens is 234 g/mol. The minimum atomic E-state index is 0.0639. The van der Waals surface area contributed by atoms with Crippen LogP contribution in [-0.4, -0.2) is 34.6 Å². The third kappa shape index (κ3) is 3.66. The number of thioether (sulfide) groups is 1. The Morgan fingerprint density at radius 1 is 1.53 bits per heavy atom. The zero-order chi connectivity index (χ0) is 12.1. The molecule has 17 heavy (non-hydrogen) atoms. The fourth-order valence-electron chi connectivity index (χ4n) is 1.78. The smallest absolute Gasteiger partial charge is 0.158 e. The lowest BCUT2D eigenvalue weighted by molar-refractivity contribution is 0.0691.